The molecule has 0 unspecified atom stereocenters. The third kappa shape index (κ3) is 1.57. The molecular weight excluding hydrogens is 228 g/mol. The highest BCUT2D eigenvalue weighted by Crippen LogP contribution is 2.19. The first-order chi connectivity index (χ1) is 7.15. The number of thiophene rings is 1. The summed E-state index contributed by atoms with van der Waals surface area (Å²) in [5.41, 5.74) is 0.792. The van der Waals surface area contributed by atoms with Crippen molar-refractivity contribution in [1.82, 2.24) is 9.55 Å². The number of H-pyrrole nitrogens is 1. The quantitative estimate of drug-likeness (QED) is 0.645. The van der Waals surface area contributed by atoms with Crippen molar-refractivity contribution in [2.24, 2.45) is 0 Å². The van der Waals surface area contributed by atoms with Gasteiger partial charge in [0.2, 0.25) is 0 Å². The molecule has 0 amide bonds. The number of allylic oxidation sites excluding steroid dienone is 1. The molecule has 0 atom stereocenters. The molecule has 0 saturated carbocycles. The molecule has 0 aliphatic heterocycles. The molecule has 78 valence electrons. The van der Waals surface area contributed by atoms with E-state index in [1.165, 1.54) is 4.57 Å². The minimum Gasteiger partial charge on any atom is -0.331 e. The van der Waals surface area contributed by atoms with E-state index >= 15 is 0 Å². The van der Waals surface area contributed by atoms with Gasteiger partial charge in [0.15, 0.2) is 4.77 Å². The average Bonchev–Trinajstić information content (AvgIpc) is 2.54. The molecule has 2 rings (SSSR count). The molecule has 5 heteroatoms. The summed E-state index contributed by atoms with van der Waals surface area (Å²) in [6, 6.07) is 0. The molecule has 0 fully saturated rings. The van der Waals surface area contributed by atoms with Gasteiger partial charge in [-0.2, -0.15) is 0 Å². The molecule has 0 aliphatic rings. The lowest BCUT2D eigenvalue weighted by Crippen LogP contribution is -2.21. The molecule has 2 heterocycles. The van der Waals surface area contributed by atoms with Crippen LogP contribution in [-0.2, 0) is 6.54 Å². The van der Waals surface area contributed by atoms with Crippen molar-refractivity contribution in [1.29, 1.82) is 0 Å². The molecule has 0 bridgehead atoms. The van der Waals surface area contributed by atoms with Gasteiger partial charge >= 0.3 is 0 Å². The van der Waals surface area contributed by atoms with Crippen LogP contribution >= 0.6 is 23.6 Å². The molecule has 0 aromatic carbocycles. The molecule has 0 radical (unpaired) electrons. The van der Waals surface area contributed by atoms with E-state index in [2.05, 4.69) is 11.6 Å². The number of hydrogen-bond donors (Lipinski definition) is 1. The number of aromatic nitrogens is 2. The number of aryl methyl sites for hydroxylation is 1. The van der Waals surface area contributed by atoms with E-state index in [-0.39, 0.29) is 5.56 Å². The maximum absolute atomic E-state index is 12.1. The molecular formula is C10H10N2OS2. The van der Waals surface area contributed by atoms with Crippen LogP contribution in [-0.4, -0.2) is 9.55 Å². The largest absolute Gasteiger partial charge is 0.331 e. The smallest absolute Gasteiger partial charge is 0.263 e. The van der Waals surface area contributed by atoms with Crippen molar-refractivity contribution >= 4 is 34.5 Å². The van der Waals surface area contributed by atoms with Crippen LogP contribution < -0.4 is 5.56 Å². The van der Waals surface area contributed by atoms with Gasteiger partial charge < -0.3 is 4.98 Å². The number of rotatable bonds is 2. The fourth-order valence-electron chi connectivity index (χ4n) is 1.52. The first kappa shape index (κ1) is 10.3. The maximum atomic E-state index is 12.1. The van der Waals surface area contributed by atoms with Crippen molar-refractivity contribution in [2.45, 2.75) is 13.5 Å². The Morgan fingerprint density at radius 2 is 2.47 bits per heavy atom. The van der Waals surface area contributed by atoms with Gasteiger partial charge in [-0.25, -0.2) is 0 Å². The van der Waals surface area contributed by atoms with Crippen LogP contribution in [0, 0.1) is 11.7 Å². The lowest BCUT2D eigenvalue weighted by molar-refractivity contribution is 0.753. The zero-order valence-corrected chi connectivity index (χ0v) is 9.87. The number of fused-ring (bicyclic) bond motifs is 1. The highest BCUT2D eigenvalue weighted by molar-refractivity contribution is 7.71. The number of nitrogens with zero attached hydrogens (tertiary/aromatic N) is 1. The maximum Gasteiger partial charge on any atom is 0.263 e. The summed E-state index contributed by atoms with van der Waals surface area (Å²) in [5, 5.41) is 2.65. The summed E-state index contributed by atoms with van der Waals surface area (Å²) in [6.45, 7) is 5.99. The summed E-state index contributed by atoms with van der Waals surface area (Å²) in [7, 11) is 0. The third-order valence-corrected chi connectivity index (χ3v) is 3.47. The van der Waals surface area contributed by atoms with Gasteiger partial charge in [0, 0.05) is 16.8 Å². The van der Waals surface area contributed by atoms with Gasteiger partial charge in [-0.1, -0.05) is 6.08 Å². The lowest BCUT2D eigenvalue weighted by atomic mass is 10.3. The number of hydrogen-bond acceptors (Lipinski definition) is 3. The Morgan fingerprint density at radius 3 is 3.13 bits per heavy atom. The van der Waals surface area contributed by atoms with Crippen molar-refractivity contribution in [3.8, 4) is 0 Å². The minimum absolute atomic E-state index is 0.0348. The van der Waals surface area contributed by atoms with Crippen LogP contribution in [0.4, 0.5) is 0 Å². The highest BCUT2D eigenvalue weighted by atomic mass is 32.1. The fraction of sp³-hybridized carbons (Fsp3) is 0.200. The second-order valence-electron chi connectivity index (χ2n) is 3.22. The molecule has 3 nitrogen and oxygen atoms in total. The summed E-state index contributed by atoms with van der Waals surface area (Å²) in [5.74, 6) is 0. The Hall–Kier alpha value is -1.20. The van der Waals surface area contributed by atoms with Crippen molar-refractivity contribution in [3.05, 3.63) is 38.0 Å². The van der Waals surface area contributed by atoms with Crippen LogP contribution in [0.5, 0.6) is 0 Å². The molecule has 2 aromatic heterocycles. The minimum atomic E-state index is -0.0348. The van der Waals surface area contributed by atoms with Crippen molar-refractivity contribution in [2.75, 3.05) is 0 Å². The Labute approximate surface area is 95.7 Å². The third-order valence-electron chi connectivity index (χ3n) is 2.23. The zero-order chi connectivity index (χ0) is 11.0. The van der Waals surface area contributed by atoms with E-state index < -0.39 is 0 Å². The Kier molecular flexibility index (Phi) is 2.58. The van der Waals surface area contributed by atoms with Gasteiger partial charge in [-0.3, -0.25) is 9.36 Å². The van der Waals surface area contributed by atoms with Crippen molar-refractivity contribution < 1.29 is 0 Å². The monoisotopic (exact) mass is 238 g/mol. The zero-order valence-electron chi connectivity index (χ0n) is 8.24. The molecule has 1 N–H and O–H groups in total. The average molecular weight is 238 g/mol. The van der Waals surface area contributed by atoms with Gasteiger partial charge in [-0.15, -0.1) is 17.9 Å². The first-order valence-electron chi connectivity index (χ1n) is 4.47. The lowest BCUT2D eigenvalue weighted by Gasteiger charge is -2.02. The predicted octanol–water partition coefficient (Wildman–Crippen LogP) is 2.62. The molecule has 2 aromatic rings. The predicted molar refractivity (Wildman–Crippen MR) is 66.2 cm³/mol. The molecule has 0 aliphatic carbocycles. The van der Waals surface area contributed by atoms with Crippen molar-refractivity contribution in [3.63, 3.8) is 0 Å². The van der Waals surface area contributed by atoms with Crippen LogP contribution in [0.3, 0.4) is 0 Å². The van der Waals surface area contributed by atoms with Crippen LogP contribution in [0.15, 0.2) is 22.8 Å². The standard InChI is InChI=1S/C10H10N2OS2/c1-3-4-12-9(13)8-6(2)15-5-7(8)11-10(12)14/h3,5H,1,4H2,2H3,(H,11,14). The van der Waals surface area contributed by atoms with Crippen LogP contribution in [0.2, 0.25) is 0 Å². The van der Waals surface area contributed by atoms with Gasteiger partial charge in [0.25, 0.3) is 5.56 Å². The normalized spacial score (nSPS) is 10.7. The highest BCUT2D eigenvalue weighted by Gasteiger charge is 2.08. The van der Waals surface area contributed by atoms with E-state index in [0.29, 0.717) is 11.3 Å². The topological polar surface area (TPSA) is 37.8 Å². The summed E-state index contributed by atoms with van der Waals surface area (Å²) in [6.07, 6.45) is 1.67. The van der Waals surface area contributed by atoms with E-state index in [1.54, 1.807) is 17.4 Å². The summed E-state index contributed by atoms with van der Waals surface area (Å²) >= 11 is 6.66. The second-order valence-corrected chi connectivity index (χ2v) is 4.69. The Balaban J connectivity index is 2.94. The Bertz CT molecular complexity index is 633. The van der Waals surface area contributed by atoms with E-state index in [9.17, 15) is 4.79 Å². The van der Waals surface area contributed by atoms with Gasteiger partial charge in [0.05, 0.1) is 10.9 Å². The SMILES string of the molecule is C=CCn1c(=S)[nH]c2csc(C)c2c1=O. The molecule has 15 heavy (non-hydrogen) atoms. The Morgan fingerprint density at radius 1 is 1.73 bits per heavy atom. The van der Waals surface area contributed by atoms with Crippen LogP contribution in [0.1, 0.15) is 4.88 Å². The van der Waals surface area contributed by atoms with E-state index in [0.717, 1.165) is 15.8 Å². The summed E-state index contributed by atoms with van der Waals surface area (Å²) in [4.78, 5) is 16.1. The second kappa shape index (κ2) is 3.75. The van der Waals surface area contributed by atoms with Gasteiger partial charge in [-0.05, 0) is 19.1 Å². The number of nitrogens with one attached hydrogen (secondary N) is 1. The number of aromatic amines is 1. The fourth-order valence-corrected chi connectivity index (χ4v) is 2.57. The van der Waals surface area contributed by atoms with E-state index in [4.69, 9.17) is 12.2 Å². The first-order valence-corrected chi connectivity index (χ1v) is 5.75. The molecule has 0 spiro atoms. The summed E-state index contributed by atoms with van der Waals surface area (Å²) < 4.78 is 1.97. The molecule has 0 saturated heterocycles. The van der Waals surface area contributed by atoms with E-state index in [1.807, 2.05) is 12.3 Å². The van der Waals surface area contributed by atoms with Crippen LogP contribution in [0.25, 0.3) is 10.9 Å². The van der Waals surface area contributed by atoms with Gasteiger partial charge in [0.1, 0.15) is 0 Å².